The quantitative estimate of drug-likeness (QED) is 0.584. The van der Waals surface area contributed by atoms with Crippen molar-refractivity contribution in [2.24, 2.45) is 0 Å². The zero-order valence-corrected chi connectivity index (χ0v) is 12.2. The average molecular weight is 338 g/mol. The lowest BCUT2D eigenvalue weighted by molar-refractivity contribution is 0.112. The predicted molar refractivity (Wildman–Crippen MR) is 80.8 cm³/mol. The van der Waals surface area contributed by atoms with Crippen molar-refractivity contribution in [2.45, 2.75) is 0 Å². The van der Waals surface area contributed by atoms with Gasteiger partial charge in [0.2, 0.25) is 0 Å². The molecule has 0 bridgehead atoms. The van der Waals surface area contributed by atoms with Crippen molar-refractivity contribution in [3.05, 3.63) is 69.7 Å². The van der Waals surface area contributed by atoms with E-state index in [-0.39, 0.29) is 0 Å². The van der Waals surface area contributed by atoms with Crippen molar-refractivity contribution in [1.82, 2.24) is 0 Å². The van der Waals surface area contributed by atoms with Crippen LogP contribution in [0, 0.1) is 0 Å². The molecule has 0 amide bonds. The smallest absolute Gasteiger partial charge is 0.153 e. The number of hydrogen-bond acceptors (Lipinski definition) is 2. The van der Waals surface area contributed by atoms with Crippen LogP contribution in [-0.4, -0.2) is 6.29 Å². The highest BCUT2D eigenvalue weighted by atomic mass is 79.9. The lowest BCUT2D eigenvalue weighted by atomic mass is 10.2. The van der Waals surface area contributed by atoms with Gasteiger partial charge in [0.05, 0.1) is 5.56 Å². The SMILES string of the molecule is O=Cc1ccccc1O/C(=C\Br)c1ccc(Cl)cc1. The third kappa shape index (κ3) is 3.46. The highest BCUT2D eigenvalue weighted by molar-refractivity contribution is 9.11. The molecule has 0 radical (unpaired) electrons. The molecule has 2 nitrogen and oxygen atoms in total. The Morgan fingerprint density at radius 2 is 1.79 bits per heavy atom. The predicted octanol–water partition coefficient (Wildman–Crippen LogP) is 4.92. The molecule has 0 aromatic heterocycles. The Morgan fingerprint density at radius 1 is 1.11 bits per heavy atom. The first kappa shape index (κ1) is 13.8. The van der Waals surface area contributed by atoms with Gasteiger partial charge < -0.3 is 4.74 Å². The minimum absolute atomic E-state index is 0.503. The molecule has 2 rings (SSSR count). The van der Waals surface area contributed by atoms with Crippen LogP contribution in [0.2, 0.25) is 5.02 Å². The van der Waals surface area contributed by atoms with Crippen molar-refractivity contribution in [3.8, 4) is 5.75 Å². The van der Waals surface area contributed by atoms with E-state index in [1.165, 1.54) is 0 Å². The molecule has 0 aliphatic rings. The summed E-state index contributed by atoms with van der Waals surface area (Å²) >= 11 is 9.12. The van der Waals surface area contributed by atoms with E-state index in [1.807, 2.05) is 18.2 Å². The van der Waals surface area contributed by atoms with Crippen molar-refractivity contribution in [3.63, 3.8) is 0 Å². The average Bonchev–Trinajstić information content (AvgIpc) is 2.46. The van der Waals surface area contributed by atoms with Crippen LogP contribution in [0.5, 0.6) is 5.75 Å². The molecule has 0 N–H and O–H groups in total. The van der Waals surface area contributed by atoms with Crippen LogP contribution >= 0.6 is 27.5 Å². The Labute approximate surface area is 124 Å². The second-order valence-electron chi connectivity index (χ2n) is 3.74. The third-order valence-corrected chi connectivity index (χ3v) is 3.16. The van der Waals surface area contributed by atoms with Crippen molar-refractivity contribution >= 4 is 39.6 Å². The number of benzene rings is 2. The van der Waals surface area contributed by atoms with Gasteiger partial charge in [-0.15, -0.1) is 0 Å². The van der Waals surface area contributed by atoms with Crippen LogP contribution in [-0.2, 0) is 0 Å². The Kier molecular flexibility index (Phi) is 4.77. The molecule has 0 aliphatic carbocycles. The molecule has 0 aliphatic heterocycles. The van der Waals surface area contributed by atoms with Gasteiger partial charge in [-0.25, -0.2) is 0 Å². The number of para-hydroxylation sites is 1. The van der Waals surface area contributed by atoms with Crippen molar-refractivity contribution in [2.75, 3.05) is 0 Å². The van der Waals surface area contributed by atoms with Gasteiger partial charge in [-0.05, 0) is 36.4 Å². The van der Waals surface area contributed by atoms with Crippen LogP contribution in [0.25, 0.3) is 5.76 Å². The maximum Gasteiger partial charge on any atom is 0.153 e. The minimum Gasteiger partial charge on any atom is -0.455 e. The highest BCUT2D eigenvalue weighted by Crippen LogP contribution is 2.25. The summed E-state index contributed by atoms with van der Waals surface area (Å²) in [6, 6.07) is 14.3. The molecule has 0 atom stereocenters. The number of halogens is 2. The maximum atomic E-state index is 10.9. The zero-order chi connectivity index (χ0) is 13.7. The molecule has 96 valence electrons. The Balaban J connectivity index is 2.29. The van der Waals surface area contributed by atoms with Crippen molar-refractivity contribution < 1.29 is 9.53 Å². The second kappa shape index (κ2) is 6.55. The molecule has 2 aromatic rings. The molecule has 0 spiro atoms. The van der Waals surface area contributed by atoms with Crippen LogP contribution in [0.15, 0.2) is 53.5 Å². The Morgan fingerprint density at radius 3 is 2.42 bits per heavy atom. The third-order valence-electron chi connectivity index (χ3n) is 2.49. The van der Waals surface area contributed by atoms with Crippen LogP contribution in [0.1, 0.15) is 15.9 Å². The minimum atomic E-state index is 0.503. The summed E-state index contributed by atoms with van der Waals surface area (Å²) in [4.78, 5) is 12.6. The van der Waals surface area contributed by atoms with Crippen LogP contribution in [0.4, 0.5) is 0 Å². The fourth-order valence-corrected chi connectivity index (χ4v) is 2.03. The van der Waals surface area contributed by atoms with E-state index in [2.05, 4.69) is 15.9 Å². The van der Waals surface area contributed by atoms with Crippen LogP contribution < -0.4 is 4.74 Å². The summed E-state index contributed by atoms with van der Waals surface area (Å²) in [6.45, 7) is 0. The lowest BCUT2D eigenvalue weighted by Gasteiger charge is -2.11. The Hall–Kier alpha value is -1.58. The molecule has 2 aromatic carbocycles. The molecule has 0 fully saturated rings. The Bertz CT molecular complexity index is 606. The largest absolute Gasteiger partial charge is 0.455 e. The normalized spacial score (nSPS) is 11.2. The van der Waals surface area contributed by atoms with E-state index < -0.39 is 0 Å². The summed E-state index contributed by atoms with van der Waals surface area (Å²) in [5.41, 5.74) is 1.37. The molecule has 0 saturated heterocycles. The van der Waals surface area contributed by atoms with Crippen molar-refractivity contribution in [1.29, 1.82) is 0 Å². The van der Waals surface area contributed by atoms with E-state index >= 15 is 0 Å². The summed E-state index contributed by atoms with van der Waals surface area (Å²) < 4.78 is 5.75. The maximum absolute atomic E-state index is 10.9. The molecule has 4 heteroatoms. The van der Waals surface area contributed by atoms with Gasteiger partial charge in [-0.2, -0.15) is 0 Å². The first-order chi connectivity index (χ1) is 9.24. The van der Waals surface area contributed by atoms with E-state index in [0.717, 1.165) is 11.8 Å². The molecule has 0 heterocycles. The number of carbonyl (C=O) groups is 1. The van der Waals surface area contributed by atoms with Gasteiger partial charge in [0.1, 0.15) is 11.5 Å². The first-order valence-electron chi connectivity index (χ1n) is 5.53. The summed E-state index contributed by atoms with van der Waals surface area (Å²) in [5, 5.41) is 0.658. The van der Waals surface area contributed by atoms with E-state index in [9.17, 15) is 4.79 Å². The van der Waals surface area contributed by atoms with E-state index in [0.29, 0.717) is 22.1 Å². The van der Waals surface area contributed by atoms with Gasteiger partial charge in [-0.3, -0.25) is 4.79 Å². The topological polar surface area (TPSA) is 26.3 Å². The monoisotopic (exact) mass is 336 g/mol. The van der Waals surface area contributed by atoms with Gasteiger partial charge in [-0.1, -0.05) is 39.7 Å². The molecule has 0 saturated carbocycles. The lowest BCUT2D eigenvalue weighted by Crippen LogP contribution is -1.97. The second-order valence-corrected chi connectivity index (χ2v) is 4.63. The first-order valence-corrected chi connectivity index (χ1v) is 6.82. The van der Waals surface area contributed by atoms with Gasteiger partial charge in [0.15, 0.2) is 6.29 Å². The standard InChI is InChI=1S/C15H10BrClO2/c16-9-15(11-5-7-13(17)8-6-11)19-14-4-2-1-3-12(14)10-18/h1-10H/b15-9-. The van der Waals surface area contributed by atoms with Gasteiger partial charge in [0.25, 0.3) is 0 Å². The van der Waals surface area contributed by atoms with Gasteiger partial charge in [0, 0.05) is 15.6 Å². The zero-order valence-electron chi connectivity index (χ0n) is 9.85. The summed E-state index contributed by atoms with van der Waals surface area (Å²) in [5.74, 6) is 1.11. The number of carbonyl (C=O) groups excluding carboxylic acids is 1. The fourth-order valence-electron chi connectivity index (χ4n) is 1.55. The number of aldehydes is 1. The number of rotatable bonds is 4. The van der Waals surface area contributed by atoms with E-state index in [4.69, 9.17) is 16.3 Å². The van der Waals surface area contributed by atoms with Crippen LogP contribution in [0.3, 0.4) is 0 Å². The summed E-state index contributed by atoms with van der Waals surface area (Å²) in [6.07, 6.45) is 0.767. The molecular weight excluding hydrogens is 328 g/mol. The summed E-state index contributed by atoms with van der Waals surface area (Å²) in [7, 11) is 0. The van der Waals surface area contributed by atoms with E-state index in [1.54, 1.807) is 35.3 Å². The molecular formula is C15H10BrClO2. The molecule has 0 unspecified atom stereocenters. The fraction of sp³-hybridized carbons (Fsp3) is 0. The number of ether oxygens (including phenoxy) is 1. The van der Waals surface area contributed by atoms with Gasteiger partial charge >= 0.3 is 0 Å². The molecule has 19 heavy (non-hydrogen) atoms. The number of hydrogen-bond donors (Lipinski definition) is 0. The highest BCUT2D eigenvalue weighted by Gasteiger charge is 2.07.